The van der Waals surface area contributed by atoms with Crippen molar-refractivity contribution in [2.45, 2.75) is 13.1 Å². The molecule has 0 unspecified atom stereocenters. The highest BCUT2D eigenvalue weighted by molar-refractivity contribution is 9.10. The van der Waals surface area contributed by atoms with Crippen LogP contribution in [-0.2, 0) is 13.1 Å². The van der Waals surface area contributed by atoms with Crippen LogP contribution in [0.2, 0.25) is 0 Å². The summed E-state index contributed by atoms with van der Waals surface area (Å²) in [5, 5.41) is 0. The van der Waals surface area contributed by atoms with Gasteiger partial charge in [0, 0.05) is 21.7 Å². The Hall–Kier alpha value is -1.65. The molecule has 0 saturated carbocycles. The van der Waals surface area contributed by atoms with Crippen molar-refractivity contribution in [3.63, 3.8) is 0 Å². The number of hydrogen-bond acceptors (Lipinski definition) is 1. The minimum absolute atomic E-state index is 0.678. The Balaban J connectivity index is 1.83. The van der Waals surface area contributed by atoms with Crippen LogP contribution in [0.1, 0.15) is 11.1 Å². The van der Waals surface area contributed by atoms with Crippen LogP contribution in [0, 0.1) is 0 Å². The van der Waals surface area contributed by atoms with E-state index in [1.54, 1.807) is 0 Å². The third-order valence-corrected chi connectivity index (χ3v) is 4.58. The molecule has 2 aromatic carbocycles. The molecule has 0 N–H and O–H groups in total. The summed E-state index contributed by atoms with van der Waals surface area (Å²) in [4.78, 5) is 4.76. The smallest absolute Gasteiger partial charge is 0.128 e. The average molecular weight is 432 g/mol. The highest BCUT2D eigenvalue weighted by Crippen LogP contribution is 2.12. The van der Waals surface area contributed by atoms with Gasteiger partial charge >= 0.3 is 0 Å². The lowest BCUT2D eigenvalue weighted by atomic mass is 10.2. The van der Waals surface area contributed by atoms with E-state index in [2.05, 4.69) is 85.1 Å². The Morgan fingerprint density at radius 3 is 2.00 bits per heavy atom. The predicted octanol–water partition coefficient (Wildman–Crippen LogP) is 5.16. The molecule has 0 atom stereocenters. The molecule has 4 heteroatoms. The van der Waals surface area contributed by atoms with Crippen molar-refractivity contribution in [1.82, 2.24) is 4.57 Å². The number of nitrogens with zero attached hydrogens (tertiary/aromatic N) is 2. The Morgan fingerprint density at radius 2 is 1.35 bits per heavy atom. The summed E-state index contributed by atoms with van der Waals surface area (Å²) in [6.07, 6.45) is 2.07. The molecule has 0 spiro atoms. The van der Waals surface area contributed by atoms with E-state index in [1.165, 1.54) is 11.1 Å². The molecule has 3 aromatic rings. The summed E-state index contributed by atoms with van der Waals surface area (Å²) in [6, 6.07) is 22.8. The molecule has 0 fully saturated rings. The monoisotopic (exact) mass is 430 g/mol. The summed E-state index contributed by atoms with van der Waals surface area (Å²) >= 11 is 6.93. The second kappa shape index (κ2) is 7.75. The Morgan fingerprint density at radius 1 is 0.739 bits per heavy atom. The van der Waals surface area contributed by atoms with Gasteiger partial charge in [-0.3, -0.25) is 4.99 Å². The van der Waals surface area contributed by atoms with E-state index in [0.29, 0.717) is 6.54 Å². The number of pyridine rings is 1. The van der Waals surface area contributed by atoms with Crippen molar-refractivity contribution >= 4 is 31.9 Å². The first-order valence-corrected chi connectivity index (χ1v) is 8.94. The topological polar surface area (TPSA) is 17.3 Å². The van der Waals surface area contributed by atoms with Gasteiger partial charge in [0.15, 0.2) is 0 Å². The minimum atomic E-state index is 0.678. The van der Waals surface area contributed by atoms with Crippen molar-refractivity contribution in [3.8, 4) is 0 Å². The second-order valence-electron chi connectivity index (χ2n) is 5.26. The molecule has 1 heterocycles. The van der Waals surface area contributed by atoms with E-state index < -0.39 is 0 Å². The standard InChI is InChI=1S/C19H16Br2N2/c20-17-8-4-15(5-9-17)13-22-19-3-1-2-12-23(19)14-16-6-10-18(21)11-7-16/h1-12H,13-14H2. The minimum Gasteiger partial charge on any atom is -0.329 e. The maximum Gasteiger partial charge on any atom is 0.128 e. The van der Waals surface area contributed by atoms with Gasteiger partial charge in [0.25, 0.3) is 0 Å². The van der Waals surface area contributed by atoms with Gasteiger partial charge in [-0.2, -0.15) is 0 Å². The summed E-state index contributed by atoms with van der Waals surface area (Å²) < 4.78 is 4.35. The fraction of sp³-hybridized carbons (Fsp3) is 0.105. The van der Waals surface area contributed by atoms with Crippen molar-refractivity contribution in [3.05, 3.63) is 98.5 Å². The van der Waals surface area contributed by atoms with E-state index >= 15 is 0 Å². The summed E-state index contributed by atoms with van der Waals surface area (Å²) in [5.41, 5.74) is 3.44. The van der Waals surface area contributed by atoms with Crippen LogP contribution in [0.25, 0.3) is 0 Å². The van der Waals surface area contributed by atoms with Crippen LogP contribution in [0.4, 0.5) is 0 Å². The molecule has 1 aromatic heterocycles. The largest absolute Gasteiger partial charge is 0.329 e. The molecule has 0 aliphatic rings. The quantitative estimate of drug-likeness (QED) is 0.542. The SMILES string of the molecule is Brc1ccc(CN=c2ccccn2Cc2ccc(Br)cc2)cc1. The highest BCUT2D eigenvalue weighted by Gasteiger charge is 1.97. The molecule has 0 aliphatic heterocycles. The molecule has 0 aliphatic carbocycles. The van der Waals surface area contributed by atoms with Gasteiger partial charge < -0.3 is 4.57 Å². The Bertz CT molecular complexity index is 834. The number of benzene rings is 2. The Labute approximate surface area is 152 Å². The van der Waals surface area contributed by atoms with Gasteiger partial charge in [-0.1, -0.05) is 62.2 Å². The lowest BCUT2D eigenvalue weighted by Crippen LogP contribution is -2.20. The van der Waals surface area contributed by atoms with Crippen molar-refractivity contribution in [2.24, 2.45) is 4.99 Å². The molecule has 0 radical (unpaired) electrons. The molecule has 0 saturated heterocycles. The fourth-order valence-electron chi connectivity index (χ4n) is 2.29. The van der Waals surface area contributed by atoms with Gasteiger partial charge in [-0.25, -0.2) is 0 Å². The van der Waals surface area contributed by atoms with E-state index in [0.717, 1.165) is 21.0 Å². The van der Waals surface area contributed by atoms with Crippen molar-refractivity contribution in [2.75, 3.05) is 0 Å². The van der Waals surface area contributed by atoms with Crippen LogP contribution in [0.15, 0.2) is 86.9 Å². The van der Waals surface area contributed by atoms with E-state index in [1.807, 2.05) is 24.3 Å². The summed E-state index contributed by atoms with van der Waals surface area (Å²) in [6.45, 7) is 1.49. The number of rotatable bonds is 4. The van der Waals surface area contributed by atoms with Crippen LogP contribution in [0.5, 0.6) is 0 Å². The fourth-order valence-corrected chi connectivity index (χ4v) is 2.82. The van der Waals surface area contributed by atoms with Crippen LogP contribution in [0.3, 0.4) is 0 Å². The third kappa shape index (κ3) is 4.66. The molecule has 3 rings (SSSR count). The zero-order chi connectivity index (χ0) is 16.1. The molecule has 116 valence electrons. The molecule has 0 bridgehead atoms. The third-order valence-electron chi connectivity index (χ3n) is 3.52. The first kappa shape index (κ1) is 16.2. The summed E-state index contributed by atoms with van der Waals surface area (Å²) in [5.74, 6) is 0. The number of hydrogen-bond donors (Lipinski definition) is 0. The first-order chi connectivity index (χ1) is 11.2. The van der Waals surface area contributed by atoms with E-state index in [-0.39, 0.29) is 0 Å². The second-order valence-corrected chi connectivity index (χ2v) is 7.09. The Kier molecular flexibility index (Phi) is 5.47. The van der Waals surface area contributed by atoms with Gasteiger partial charge in [0.1, 0.15) is 5.49 Å². The van der Waals surface area contributed by atoms with Gasteiger partial charge in [-0.15, -0.1) is 0 Å². The van der Waals surface area contributed by atoms with Crippen molar-refractivity contribution < 1.29 is 0 Å². The highest BCUT2D eigenvalue weighted by atomic mass is 79.9. The normalized spacial score (nSPS) is 11.7. The maximum atomic E-state index is 4.76. The molecule has 0 amide bonds. The zero-order valence-electron chi connectivity index (χ0n) is 12.5. The van der Waals surface area contributed by atoms with E-state index in [4.69, 9.17) is 4.99 Å². The molecule has 2 nitrogen and oxygen atoms in total. The molecule has 23 heavy (non-hydrogen) atoms. The number of aromatic nitrogens is 1. The van der Waals surface area contributed by atoms with Crippen LogP contribution < -0.4 is 5.49 Å². The predicted molar refractivity (Wildman–Crippen MR) is 101 cm³/mol. The van der Waals surface area contributed by atoms with Gasteiger partial charge in [0.05, 0.1) is 6.54 Å². The number of halogens is 2. The average Bonchev–Trinajstić information content (AvgIpc) is 2.58. The molecular weight excluding hydrogens is 416 g/mol. The van der Waals surface area contributed by atoms with E-state index in [9.17, 15) is 0 Å². The lowest BCUT2D eigenvalue weighted by Gasteiger charge is -2.08. The zero-order valence-corrected chi connectivity index (χ0v) is 15.7. The first-order valence-electron chi connectivity index (χ1n) is 7.35. The molecular formula is C19H16Br2N2. The van der Waals surface area contributed by atoms with Crippen LogP contribution in [-0.4, -0.2) is 4.57 Å². The van der Waals surface area contributed by atoms with Crippen LogP contribution >= 0.6 is 31.9 Å². The summed E-state index contributed by atoms with van der Waals surface area (Å²) in [7, 11) is 0. The maximum absolute atomic E-state index is 4.76. The van der Waals surface area contributed by atoms with Crippen molar-refractivity contribution in [1.29, 1.82) is 0 Å². The lowest BCUT2D eigenvalue weighted by molar-refractivity contribution is 0.726. The van der Waals surface area contributed by atoms with Gasteiger partial charge in [0.2, 0.25) is 0 Å². The van der Waals surface area contributed by atoms with Gasteiger partial charge in [-0.05, 0) is 47.5 Å².